The quantitative estimate of drug-likeness (QED) is 0.830. The third-order valence-electron chi connectivity index (χ3n) is 2.18. The van der Waals surface area contributed by atoms with Gasteiger partial charge in [-0.1, -0.05) is 23.7 Å². The lowest BCUT2D eigenvalue weighted by Crippen LogP contribution is -2.30. The molecule has 0 aliphatic rings. The molecule has 1 unspecified atom stereocenters. The highest BCUT2D eigenvalue weighted by Gasteiger charge is 2.09. The molecule has 0 aliphatic heterocycles. The van der Waals surface area contributed by atoms with Crippen molar-refractivity contribution in [1.29, 1.82) is 0 Å². The van der Waals surface area contributed by atoms with Crippen LogP contribution >= 0.6 is 11.6 Å². The minimum atomic E-state index is -0.428. The van der Waals surface area contributed by atoms with Gasteiger partial charge in [-0.05, 0) is 13.0 Å². The maximum atomic E-state index is 13.5. The normalized spacial score (nSPS) is 12.4. The molecule has 1 aromatic carbocycles. The van der Waals surface area contributed by atoms with E-state index in [2.05, 4.69) is 5.32 Å². The Balaban J connectivity index is 2.54. The SMILES string of the molecule is CC(CC(N)=O)NCc1cccc(Cl)c1F. The summed E-state index contributed by atoms with van der Waals surface area (Å²) in [5.74, 6) is -0.811. The third-order valence-corrected chi connectivity index (χ3v) is 2.47. The molecule has 0 fully saturated rings. The van der Waals surface area contributed by atoms with Crippen LogP contribution in [0.1, 0.15) is 18.9 Å². The summed E-state index contributed by atoms with van der Waals surface area (Å²) in [5.41, 5.74) is 5.52. The first-order valence-electron chi connectivity index (χ1n) is 4.95. The highest BCUT2D eigenvalue weighted by molar-refractivity contribution is 6.30. The number of primary amides is 1. The van der Waals surface area contributed by atoms with E-state index in [0.29, 0.717) is 12.1 Å². The zero-order chi connectivity index (χ0) is 12.1. The standard InChI is InChI=1S/C11H14ClFN2O/c1-7(5-10(14)16)15-6-8-3-2-4-9(12)11(8)13/h2-4,7,15H,5-6H2,1H3,(H2,14,16). The van der Waals surface area contributed by atoms with E-state index in [4.69, 9.17) is 17.3 Å². The molecule has 0 spiro atoms. The molecule has 16 heavy (non-hydrogen) atoms. The summed E-state index contributed by atoms with van der Waals surface area (Å²) in [4.78, 5) is 10.6. The molecule has 0 aromatic heterocycles. The number of rotatable bonds is 5. The Kier molecular flexibility index (Phi) is 4.71. The van der Waals surface area contributed by atoms with Gasteiger partial charge in [0, 0.05) is 24.6 Å². The van der Waals surface area contributed by atoms with Crippen molar-refractivity contribution < 1.29 is 9.18 Å². The Bertz CT molecular complexity index is 384. The Morgan fingerprint density at radius 3 is 2.94 bits per heavy atom. The summed E-state index contributed by atoms with van der Waals surface area (Å²) in [6.45, 7) is 2.13. The number of nitrogens with one attached hydrogen (secondary N) is 1. The minimum absolute atomic E-state index is 0.0871. The summed E-state index contributed by atoms with van der Waals surface area (Å²) in [5, 5.41) is 3.10. The first kappa shape index (κ1) is 12.9. The smallest absolute Gasteiger partial charge is 0.218 e. The number of hydrogen-bond acceptors (Lipinski definition) is 2. The van der Waals surface area contributed by atoms with Crippen LogP contribution in [0.3, 0.4) is 0 Å². The van der Waals surface area contributed by atoms with Crippen molar-refractivity contribution in [1.82, 2.24) is 5.32 Å². The number of carbonyl (C=O) groups excluding carboxylic acids is 1. The first-order valence-corrected chi connectivity index (χ1v) is 5.33. The Hall–Kier alpha value is -1.13. The van der Waals surface area contributed by atoms with Gasteiger partial charge in [0.2, 0.25) is 5.91 Å². The molecule has 88 valence electrons. The lowest BCUT2D eigenvalue weighted by molar-refractivity contribution is -0.118. The fourth-order valence-corrected chi connectivity index (χ4v) is 1.54. The van der Waals surface area contributed by atoms with Gasteiger partial charge in [-0.25, -0.2) is 4.39 Å². The number of hydrogen-bond donors (Lipinski definition) is 2. The highest BCUT2D eigenvalue weighted by atomic mass is 35.5. The predicted octanol–water partition coefficient (Wildman–Crippen LogP) is 1.83. The van der Waals surface area contributed by atoms with Gasteiger partial charge >= 0.3 is 0 Å². The van der Waals surface area contributed by atoms with Crippen LogP contribution in [0.4, 0.5) is 4.39 Å². The Morgan fingerprint density at radius 1 is 1.62 bits per heavy atom. The van der Waals surface area contributed by atoms with Gasteiger partial charge < -0.3 is 11.1 Å². The molecule has 1 atom stereocenters. The average molecular weight is 245 g/mol. The second-order valence-electron chi connectivity index (χ2n) is 3.67. The number of nitrogens with two attached hydrogens (primary N) is 1. The van der Waals surface area contributed by atoms with E-state index in [1.807, 2.05) is 6.92 Å². The molecule has 5 heteroatoms. The van der Waals surface area contributed by atoms with Crippen LogP contribution in [0.15, 0.2) is 18.2 Å². The zero-order valence-corrected chi connectivity index (χ0v) is 9.72. The topological polar surface area (TPSA) is 55.1 Å². The monoisotopic (exact) mass is 244 g/mol. The van der Waals surface area contributed by atoms with E-state index < -0.39 is 5.82 Å². The second kappa shape index (κ2) is 5.82. The first-order chi connectivity index (χ1) is 7.50. The summed E-state index contributed by atoms with van der Waals surface area (Å²) < 4.78 is 13.5. The highest BCUT2D eigenvalue weighted by Crippen LogP contribution is 2.17. The number of benzene rings is 1. The Labute approximate surface area is 98.8 Å². The van der Waals surface area contributed by atoms with Crippen LogP contribution in [0.5, 0.6) is 0 Å². The van der Waals surface area contributed by atoms with Crippen molar-refractivity contribution in [2.75, 3.05) is 0 Å². The average Bonchev–Trinajstić information content (AvgIpc) is 2.19. The molecule has 0 bridgehead atoms. The van der Waals surface area contributed by atoms with Gasteiger partial charge in [-0.2, -0.15) is 0 Å². The molecular formula is C11H14ClFN2O. The van der Waals surface area contributed by atoms with Crippen molar-refractivity contribution in [3.05, 3.63) is 34.6 Å². The van der Waals surface area contributed by atoms with Gasteiger partial charge in [-0.3, -0.25) is 4.79 Å². The summed E-state index contributed by atoms with van der Waals surface area (Å²) >= 11 is 5.64. The van der Waals surface area contributed by atoms with Gasteiger partial charge in [0.25, 0.3) is 0 Å². The molecule has 0 aliphatic carbocycles. The maximum absolute atomic E-state index is 13.5. The molecular weight excluding hydrogens is 231 g/mol. The van der Waals surface area contributed by atoms with Crippen molar-refractivity contribution in [2.24, 2.45) is 5.73 Å². The van der Waals surface area contributed by atoms with Crippen molar-refractivity contribution >= 4 is 17.5 Å². The van der Waals surface area contributed by atoms with Crippen LogP contribution in [0.25, 0.3) is 0 Å². The summed E-state index contributed by atoms with van der Waals surface area (Å²) in [6.07, 6.45) is 0.224. The predicted molar refractivity (Wildman–Crippen MR) is 61.5 cm³/mol. The lowest BCUT2D eigenvalue weighted by atomic mass is 10.2. The third kappa shape index (κ3) is 3.79. The number of amides is 1. The fourth-order valence-electron chi connectivity index (χ4n) is 1.34. The van der Waals surface area contributed by atoms with Gasteiger partial charge in [0.15, 0.2) is 0 Å². The fraction of sp³-hybridized carbons (Fsp3) is 0.364. The van der Waals surface area contributed by atoms with Crippen LogP contribution in [0.2, 0.25) is 5.02 Å². The molecule has 3 nitrogen and oxygen atoms in total. The molecule has 0 saturated heterocycles. The van der Waals surface area contributed by atoms with E-state index in [0.717, 1.165) is 0 Å². The molecule has 1 aromatic rings. The largest absolute Gasteiger partial charge is 0.370 e. The minimum Gasteiger partial charge on any atom is -0.370 e. The van der Waals surface area contributed by atoms with Gasteiger partial charge in [-0.15, -0.1) is 0 Å². The van der Waals surface area contributed by atoms with Crippen LogP contribution in [-0.2, 0) is 11.3 Å². The summed E-state index contributed by atoms with van der Waals surface area (Å²) in [7, 11) is 0. The lowest BCUT2D eigenvalue weighted by Gasteiger charge is -2.12. The molecule has 1 amide bonds. The van der Waals surface area contributed by atoms with Crippen molar-refractivity contribution in [2.45, 2.75) is 25.9 Å². The van der Waals surface area contributed by atoms with E-state index in [-0.39, 0.29) is 23.4 Å². The second-order valence-corrected chi connectivity index (χ2v) is 4.07. The van der Waals surface area contributed by atoms with Crippen molar-refractivity contribution in [3.8, 4) is 0 Å². The molecule has 0 saturated carbocycles. The van der Waals surface area contributed by atoms with Gasteiger partial charge in [0.1, 0.15) is 5.82 Å². The zero-order valence-electron chi connectivity index (χ0n) is 8.97. The summed E-state index contributed by atoms with van der Waals surface area (Å²) in [6, 6.07) is 4.73. The molecule has 1 rings (SSSR count). The molecule has 3 N–H and O–H groups in total. The van der Waals surface area contributed by atoms with Crippen LogP contribution in [0, 0.1) is 5.82 Å². The molecule has 0 heterocycles. The van der Waals surface area contributed by atoms with E-state index in [1.165, 1.54) is 6.07 Å². The number of halogens is 2. The van der Waals surface area contributed by atoms with E-state index >= 15 is 0 Å². The maximum Gasteiger partial charge on any atom is 0.218 e. The van der Waals surface area contributed by atoms with Crippen LogP contribution in [-0.4, -0.2) is 11.9 Å². The van der Waals surface area contributed by atoms with Crippen molar-refractivity contribution in [3.63, 3.8) is 0 Å². The van der Waals surface area contributed by atoms with Crippen LogP contribution < -0.4 is 11.1 Å². The Morgan fingerprint density at radius 2 is 2.31 bits per heavy atom. The number of carbonyl (C=O) groups is 1. The van der Waals surface area contributed by atoms with E-state index in [9.17, 15) is 9.18 Å². The van der Waals surface area contributed by atoms with E-state index in [1.54, 1.807) is 12.1 Å². The van der Waals surface area contributed by atoms with Gasteiger partial charge in [0.05, 0.1) is 5.02 Å². The molecule has 0 radical (unpaired) electrons.